The van der Waals surface area contributed by atoms with Crippen molar-refractivity contribution in [3.63, 3.8) is 0 Å². The summed E-state index contributed by atoms with van der Waals surface area (Å²) in [4.78, 5) is 6.84. The summed E-state index contributed by atoms with van der Waals surface area (Å²) < 4.78 is 7.83. The van der Waals surface area contributed by atoms with E-state index in [4.69, 9.17) is 28.6 Å². The zero-order valence-corrected chi connectivity index (χ0v) is 19.6. The number of hydrogen-bond donors (Lipinski definition) is 1. The molecule has 1 aliphatic heterocycles. The number of nitrogens with one attached hydrogen (secondary N) is 1. The maximum atomic E-state index is 6.50. The molecular formula is C25H27ClN4OS. The highest BCUT2D eigenvalue weighted by Gasteiger charge is 2.42. The predicted octanol–water partition coefficient (Wildman–Crippen LogP) is 6.23. The van der Waals surface area contributed by atoms with Crippen LogP contribution in [0.1, 0.15) is 61.6 Å². The summed E-state index contributed by atoms with van der Waals surface area (Å²) in [7, 11) is 1.62. The minimum atomic E-state index is -0.0678. The van der Waals surface area contributed by atoms with E-state index in [9.17, 15) is 0 Å². The van der Waals surface area contributed by atoms with Gasteiger partial charge in [-0.3, -0.25) is 4.98 Å². The summed E-state index contributed by atoms with van der Waals surface area (Å²) in [6.07, 6.45) is 10.4. The molecule has 5 rings (SSSR count). The number of aromatic nitrogens is 2. The molecule has 0 radical (unpaired) electrons. The number of thiocarbonyl (C=S) groups is 1. The number of rotatable bonds is 5. The topological polar surface area (TPSA) is 42.3 Å². The molecule has 3 aromatic rings. The van der Waals surface area contributed by atoms with Crippen molar-refractivity contribution in [3.05, 3.63) is 77.3 Å². The number of nitrogens with zero attached hydrogens (tertiary/aromatic N) is 3. The molecule has 0 spiro atoms. The fraction of sp³-hybridized carbons (Fsp3) is 0.360. The van der Waals surface area contributed by atoms with Crippen LogP contribution in [0.5, 0.6) is 5.75 Å². The van der Waals surface area contributed by atoms with Gasteiger partial charge in [-0.05, 0) is 67.5 Å². The van der Waals surface area contributed by atoms with Crippen LogP contribution in [-0.2, 0) is 0 Å². The molecule has 3 heterocycles. The number of benzene rings is 1. The molecule has 1 aromatic carbocycles. The van der Waals surface area contributed by atoms with Gasteiger partial charge in [-0.2, -0.15) is 0 Å². The average Bonchev–Trinajstić information content (AvgIpc) is 3.44. The Bertz CT molecular complexity index is 1100. The van der Waals surface area contributed by atoms with Crippen molar-refractivity contribution in [2.75, 3.05) is 12.0 Å². The summed E-state index contributed by atoms with van der Waals surface area (Å²) in [6.45, 7) is 0. The molecular weight excluding hydrogens is 440 g/mol. The van der Waals surface area contributed by atoms with Gasteiger partial charge in [0, 0.05) is 29.8 Å². The Hall–Kier alpha value is -2.57. The summed E-state index contributed by atoms with van der Waals surface area (Å²) in [5.74, 6) is 0.650. The number of hydrogen-bond acceptors (Lipinski definition) is 3. The van der Waals surface area contributed by atoms with Gasteiger partial charge in [-0.25, -0.2) is 0 Å². The Labute approximate surface area is 199 Å². The zero-order chi connectivity index (χ0) is 22.1. The van der Waals surface area contributed by atoms with Crippen molar-refractivity contribution in [3.8, 4) is 5.75 Å². The van der Waals surface area contributed by atoms with Crippen LogP contribution in [0, 0.1) is 0 Å². The van der Waals surface area contributed by atoms with Crippen molar-refractivity contribution in [1.82, 2.24) is 14.9 Å². The van der Waals surface area contributed by atoms with Crippen molar-refractivity contribution < 1.29 is 4.74 Å². The fourth-order valence-corrected chi connectivity index (χ4v) is 5.69. The Kier molecular flexibility index (Phi) is 6.07. The quantitative estimate of drug-likeness (QED) is 0.451. The highest BCUT2D eigenvalue weighted by atomic mass is 35.5. The lowest BCUT2D eigenvalue weighted by Crippen LogP contribution is -2.31. The number of methoxy groups -OCH3 is 1. The van der Waals surface area contributed by atoms with E-state index in [0.717, 1.165) is 11.4 Å². The van der Waals surface area contributed by atoms with Gasteiger partial charge >= 0.3 is 0 Å². The molecule has 32 heavy (non-hydrogen) atoms. The first-order chi connectivity index (χ1) is 15.7. The number of halogens is 1. The minimum absolute atomic E-state index is 0.0428. The van der Waals surface area contributed by atoms with Crippen LogP contribution in [0.25, 0.3) is 0 Å². The largest absolute Gasteiger partial charge is 0.495 e. The standard InChI is InChI=1S/C25H27ClN4OS/c1-31-22-13-12-18(16-19(22)26)30-24(23(28-25(30)32)20-10-5-6-14-27-20)21-11-7-15-29(21)17-8-3-2-4-9-17/h5-7,10-17,23-24H,2-4,8-9H2,1H3,(H,28,32)/t23-,24+/m0/s1. The third kappa shape index (κ3) is 3.86. The summed E-state index contributed by atoms with van der Waals surface area (Å²) in [5.41, 5.74) is 3.15. The van der Waals surface area contributed by atoms with Crippen molar-refractivity contribution in [2.45, 2.75) is 50.2 Å². The maximum absolute atomic E-state index is 6.50. The van der Waals surface area contributed by atoms with Gasteiger partial charge in [-0.15, -0.1) is 0 Å². The van der Waals surface area contributed by atoms with Gasteiger partial charge in [0.25, 0.3) is 0 Å². The third-order valence-corrected chi connectivity index (χ3v) is 7.20. The second-order valence-corrected chi connectivity index (χ2v) is 9.24. The summed E-state index contributed by atoms with van der Waals surface area (Å²) in [6, 6.07) is 16.7. The lowest BCUT2D eigenvalue weighted by atomic mass is 9.94. The molecule has 1 N–H and O–H groups in total. The van der Waals surface area contributed by atoms with E-state index in [-0.39, 0.29) is 12.1 Å². The van der Waals surface area contributed by atoms with Crippen LogP contribution < -0.4 is 15.0 Å². The Morgan fingerprint density at radius 1 is 1.09 bits per heavy atom. The second-order valence-electron chi connectivity index (χ2n) is 8.45. The van der Waals surface area contributed by atoms with Crippen molar-refractivity contribution >= 4 is 34.6 Å². The normalized spacial score (nSPS) is 21.6. The molecule has 2 atom stereocenters. The van der Waals surface area contributed by atoms with Gasteiger partial charge in [0.05, 0.1) is 23.9 Å². The van der Waals surface area contributed by atoms with Gasteiger partial charge in [0.1, 0.15) is 11.8 Å². The monoisotopic (exact) mass is 466 g/mol. The molecule has 1 saturated heterocycles. The Balaban J connectivity index is 1.61. The van der Waals surface area contributed by atoms with Crippen LogP contribution in [0.4, 0.5) is 5.69 Å². The number of ether oxygens (including phenoxy) is 1. The van der Waals surface area contributed by atoms with E-state index in [1.807, 2.05) is 36.5 Å². The van der Waals surface area contributed by atoms with E-state index in [2.05, 4.69) is 44.2 Å². The van der Waals surface area contributed by atoms with Gasteiger partial charge in [0.15, 0.2) is 5.11 Å². The molecule has 5 nitrogen and oxygen atoms in total. The van der Waals surface area contributed by atoms with Crippen molar-refractivity contribution in [1.29, 1.82) is 0 Å². The van der Waals surface area contributed by atoms with Gasteiger partial charge in [-0.1, -0.05) is 36.9 Å². The Morgan fingerprint density at radius 2 is 1.94 bits per heavy atom. The molecule has 7 heteroatoms. The lowest BCUT2D eigenvalue weighted by Gasteiger charge is -2.32. The van der Waals surface area contributed by atoms with Crippen LogP contribution in [0.15, 0.2) is 60.9 Å². The molecule has 2 aliphatic rings. The van der Waals surface area contributed by atoms with E-state index in [1.165, 1.54) is 37.8 Å². The molecule has 166 valence electrons. The first kappa shape index (κ1) is 21.3. The lowest BCUT2D eigenvalue weighted by molar-refractivity contribution is 0.340. The summed E-state index contributed by atoms with van der Waals surface area (Å²) >= 11 is 12.4. The van der Waals surface area contributed by atoms with E-state index in [0.29, 0.717) is 21.9 Å². The van der Waals surface area contributed by atoms with E-state index in [1.54, 1.807) is 7.11 Å². The summed E-state index contributed by atoms with van der Waals surface area (Å²) in [5, 5.41) is 4.78. The van der Waals surface area contributed by atoms with E-state index >= 15 is 0 Å². The average molecular weight is 467 g/mol. The predicted molar refractivity (Wildman–Crippen MR) is 132 cm³/mol. The smallest absolute Gasteiger partial charge is 0.174 e. The Morgan fingerprint density at radius 3 is 2.66 bits per heavy atom. The number of pyridine rings is 1. The van der Waals surface area contributed by atoms with Gasteiger partial charge in [0.2, 0.25) is 0 Å². The highest BCUT2D eigenvalue weighted by molar-refractivity contribution is 7.80. The zero-order valence-electron chi connectivity index (χ0n) is 18.1. The molecule has 0 bridgehead atoms. The minimum Gasteiger partial charge on any atom is -0.495 e. The van der Waals surface area contributed by atoms with Crippen LogP contribution in [0.2, 0.25) is 5.02 Å². The third-order valence-electron chi connectivity index (χ3n) is 6.59. The highest BCUT2D eigenvalue weighted by Crippen LogP contribution is 2.44. The fourth-order valence-electron chi connectivity index (χ4n) is 5.09. The molecule has 0 amide bonds. The molecule has 2 aromatic heterocycles. The molecule has 2 fully saturated rings. The van der Waals surface area contributed by atoms with Crippen molar-refractivity contribution in [2.24, 2.45) is 0 Å². The first-order valence-electron chi connectivity index (χ1n) is 11.2. The molecule has 0 unspecified atom stereocenters. The first-order valence-corrected chi connectivity index (χ1v) is 12.0. The van der Waals surface area contributed by atoms with Crippen LogP contribution in [-0.4, -0.2) is 21.8 Å². The van der Waals surface area contributed by atoms with Gasteiger partial charge < -0.3 is 19.5 Å². The molecule has 1 aliphatic carbocycles. The van der Waals surface area contributed by atoms with Crippen LogP contribution in [0.3, 0.4) is 0 Å². The second kappa shape index (κ2) is 9.12. The SMILES string of the molecule is COc1ccc(N2C(=S)N[C@@H](c3ccccn3)[C@H]2c2cccn2C2CCCCC2)cc1Cl. The van der Waals surface area contributed by atoms with E-state index < -0.39 is 0 Å². The maximum Gasteiger partial charge on any atom is 0.174 e. The number of anilines is 1. The van der Waals surface area contributed by atoms with Crippen LogP contribution >= 0.6 is 23.8 Å². The molecule has 1 saturated carbocycles.